The Balaban J connectivity index is 2.00. The van der Waals surface area contributed by atoms with Crippen LogP contribution in [-0.2, 0) is 14.8 Å². The fourth-order valence-electron chi connectivity index (χ4n) is 3.88. The Morgan fingerprint density at radius 2 is 2.00 bits per heavy atom. The molecule has 1 N–H and O–H groups in total. The van der Waals surface area contributed by atoms with Crippen molar-refractivity contribution in [3.63, 3.8) is 0 Å². The molecule has 0 aromatic heterocycles. The van der Waals surface area contributed by atoms with E-state index in [2.05, 4.69) is 25.7 Å². The van der Waals surface area contributed by atoms with E-state index in [4.69, 9.17) is 4.74 Å². The number of likely N-dealkylation sites (N-methyl/N-ethyl adjacent to an activating group) is 1. The molecule has 0 spiro atoms. The van der Waals surface area contributed by atoms with Gasteiger partial charge in [0.05, 0.1) is 13.2 Å². The van der Waals surface area contributed by atoms with Crippen LogP contribution in [0.4, 0.5) is 0 Å². The summed E-state index contributed by atoms with van der Waals surface area (Å²) in [6.07, 6.45) is 2.18. The Kier molecular flexibility index (Phi) is 8.09. The van der Waals surface area contributed by atoms with Crippen LogP contribution < -0.4 is 4.74 Å². The number of carbonyl (C=O) groups is 1. The van der Waals surface area contributed by atoms with Crippen LogP contribution in [0.2, 0.25) is 0 Å². The SMILES string of the molecule is CC(C)CC#Cc1ccc2c(c1)O[C@H](CN(C)C(=O)C1CC1)[C@H](C)CN([C@@H](C)CO)S2(=O)=O. The minimum Gasteiger partial charge on any atom is -0.487 e. The van der Waals surface area contributed by atoms with Gasteiger partial charge in [-0.2, -0.15) is 4.31 Å². The van der Waals surface area contributed by atoms with Crippen molar-refractivity contribution < 1.29 is 23.1 Å². The summed E-state index contributed by atoms with van der Waals surface area (Å²) in [6.45, 7) is 8.06. The molecule has 1 heterocycles. The Bertz CT molecular complexity index is 1020. The third-order valence-corrected chi connectivity index (χ3v) is 8.19. The third-order valence-electron chi connectivity index (χ3n) is 6.17. The molecule has 1 aliphatic heterocycles. The topological polar surface area (TPSA) is 87.2 Å². The van der Waals surface area contributed by atoms with Crippen LogP contribution in [-0.4, -0.2) is 67.5 Å². The second-order valence-electron chi connectivity index (χ2n) is 9.79. The molecule has 1 aromatic carbocycles. The normalized spacial score (nSPS) is 23.4. The van der Waals surface area contributed by atoms with Gasteiger partial charge in [-0.05, 0) is 43.9 Å². The average molecular weight is 477 g/mol. The smallest absolute Gasteiger partial charge is 0.247 e. The van der Waals surface area contributed by atoms with Crippen LogP contribution in [0.1, 0.15) is 52.5 Å². The summed E-state index contributed by atoms with van der Waals surface area (Å²) >= 11 is 0. The summed E-state index contributed by atoms with van der Waals surface area (Å²) < 4.78 is 34.7. The molecule has 0 saturated heterocycles. The summed E-state index contributed by atoms with van der Waals surface area (Å²) in [5.74, 6) is 6.91. The van der Waals surface area contributed by atoms with Gasteiger partial charge in [0, 0.05) is 43.5 Å². The molecular formula is C25H36N2O5S. The number of carbonyl (C=O) groups excluding carboxylic acids is 1. The number of aliphatic hydroxyl groups excluding tert-OH is 1. The van der Waals surface area contributed by atoms with E-state index in [1.807, 2.05) is 6.92 Å². The van der Waals surface area contributed by atoms with Crippen molar-refractivity contribution in [2.24, 2.45) is 17.8 Å². The number of hydrogen-bond donors (Lipinski definition) is 1. The van der Waals surface area contributed by atoms with Gasteiger partial charge in [-0.15, -0.1) is 0 Å². The first-order valence-electron chi connectivity index (χ1n) is 11.7. The maximum Gasteiger partial charge on any atom is 0.247 e. The number of ether oxygens (including phenoxy) is 1. The van der Waals surface area contributed by atoms with Crippen LogP contribution in [0.5, 0.6) is 5.75 Å². The summed E-state index contributed by atoms with van der Waals surface area (Å²) in [6, 6.07) is 4.32. The van der Waals surface area contributed by atoms with E-state index in [0.717, 1.165) is 19.3 Å². The van der Waals surface area contributed by atoms with Gasteiger partial charge in [0.2, 0.25) is 15.9 Å². The van der Waals surface area contributed by atoms with Crippen LogP contribution >= 0.6 is 0 Å². The molecule has 182 valence electrons. The molecule has 1 fully saturated rings. The van der Waals surface area contributed by atoms with E-state index < -0.39 is 22.2 Å². The number of rotatable bonds is 6. The number of benzene rings is 1. The molecule has 1 aromatic rings. The fourth-order valence-corrected chi connectivity index (χ4v) is 5.71. The van der Waals surface area contributed by atoms with Crippen molar-refractivity contribution in [1.29, 1.82) is 0 Å². The number of sulfonamides is 1. The van der Waals surface area contributed by atoms with Gasteiger partial charge < -0.3 is 14.7 Å². The molecule has 3 atom stereocenters. The van der Waals surface area contributed by atoms with E-state index in [1.54, 1.807) is 31.0 Å². The van der Waals surface area contributed by atoms with Gasteiger partial charge in [0.15, 0.2) is 0 Å². The summed E-state index contributed by atoms with van der Waals surface area (Å²) in [5, 5.41) is 9.75. The Morgan fingerprint density at radius 3 is 2.61 bits per heavy atom. The lowest BCUT2D eigenvalue weighted by Gasteiger charge is -2.37. The summed E-state index contributed by atoms with van der Waals surface area (Å²) in [7, 11) is -2.12. The van der Waals surface area contributed by atoms with Gasteiger partial charge in [0.1, 0.15) is 16.7 Å². The highest BCUT2D eigenvalue weighted by Crippen LogP contribution is 2.35. The Morgan fingerprint density at radius 1 is 1.30 bits per heavy atom. The van der Waals surface area contributed by atoms with Gasteiger partial charge in [-0.3, -0.25) is 4.79 Å². The van der Waals surface area contributed by atoms with E-state index in [0.29, 0.717) is 18.0 Å². The molecular weight excluding hydrogens is 440 g/mol. The predicted molar refractivity (Wildman–Crippen MR) is 127 cm³/mol. The second kappa shape index (κ2) is 10.5. The highest BCUT2D eigenvalue weighted by Gasteiger charge is 2.39. The Labute approximate surface area is 198 Å². The number of aliphatic hydroxyl groups is 1. The van der Waals surface area contributed by atoms with Crippen LogP contribution in [0, 0.1) is 29.6 Å². The van der Waals surface area contributed by atoms with Crippen LogP contribution in [0.3, 0.4) is 0 Å². The molecule has 1 aliphatic carbocycles. The molecule has 3 rings (SSSR count). The maximum atomic E-state index is 13.5. The molecule has 8 heteroatoms. The van der Waals surface area contributed by atoms with Gasteiger partial charge in [-0.1, -0.05) is 32.6 Å². The quantitative estimate of drug-likeness (QED) is 0.638. The fraction of sp³-hybridized carbons (Fsp3) is 0.640. The van der Waals surface area contributed by atoms with Crippen molar-refractivity contribution >= 4 is 15.9 Å². The minimum atomic E-state index is -3.89. The zero-order valence-corrected chi connectivity index (χ0v) is 21.1. The number of fused-ring (bicyclic) bond motifs is 1. The molecule has 0 bridgehead atoms. The van der Waals surface area contributed by atoms with Crippen molar-refractivity contribution in [3.8, 4) is 17.6 Å². The zero-order chi connectivity index (χ0) is 24.3. The van der Waals surface area contributed by atoms with Gasteiger partial charge in [0.25, 0.3) is 0 Å². The number of nitrogens with zero attached hydrogens (tertiary/aromatic N) is 2. The van der Waals surface area contributed by atoms with Crippen molar-refractivity contribution in [1.82, 2.24) is 9.21 Å². The lowest BCUT2D eigenvalue weighted by atomic mass is 10.0. The van der Waals surface area contributed by atoms with Crippen molar-refractivity contribution in [2.45, 2.75) is 64.0 Å². The van der Waals surface area contributed by atoms with Gasteiger partial charge >= 0.3 is 0 Å². The van der Waals surface area contributed by atoms with Crippen molar-refractivity contribution in [2.75, 3.05) is 26.7 Å². The standard InChI is InChI=1S/C25H36N2O5S/c1-17(2)7-6-8-20-9-12-24-22(13-20)32-23(15-26(5)25(29)21-10-11-21)18(3)14-27(19(4)16-28)33(24,30)31/h9,12-13,17-19,21,23,28H,7,10-11,14-16H2,1-5H3/t18-,19+,23-/m1/s1. The molecule has 1 saturated carbocycles. The van der Waals surface area contributed by atoms with E-state index in [9.17, 15) is 18.3 Å². The zero-order valence-electron chi connectivity index (χ0n) is 20.2. The minimum absolute atomic E-state index is 0.0604. The molecule has 7 nitrogen and oxygen atoms in total. The van der Waals surface area contributed by atoms with E-state index in [1.165, 1.54) is 10.4 Å². The van der Waals surface area contributed by atoms with Crippen LogP contribution in [0.15, 0.2) is 23.1 Å². The maximum absolute atomic E-state index is 13.5. The lowest BCUT2D eigenvalue weighted by molar-refractivity contribution is -0.132. The Hall–Kier alpha value is -2.08. The highest BCUT2D eigenvalue weighted by molar-refractivity contribution is 7.89. The third kappa shape index (κ3) is 6.08. The first kappa shape index (κ1) is 25.5. The number of hydrogen-bond acceptors (Lipinski definition) is 5. The average Bonchev–Trinajstić information content (AvgIpc) is 3.60. The second-order valence-corrected chi connectivity index (χ2v) is 11.7. The highest BCUT2D eigenvalue weighted by atomic mass is 32.2. The largest absolute Gasteiger partial charge is 0.487 e. The summed E-state index contributed by atoms with van der Waals surface area (Å²) in [4.78, 5) is 14.3. The monoisotopic (exact) mass is 476 g/mol. The number of amides is 1. The first-order valence-corrected chi connectivity index (χ1v) is 13.2. The van der Waals surface area contributed by atoms with E-state index >= 15 is 0 Å². The lowest BCUT2D eigenvalue weighted by Crippen LogP contribution is -2.50. The predicted octanol–water partition coefficient (Wildman–Crippen LogP) is 2.72. The molecule has 2 aliphatic rings. The van der Waals surface area contributed by atoms with Crippen LogP contribution in [0.25, 0.3) is 0 Å². The molecule has 33 heavy (non-hydrogen) atoms. The molecule has 0 unspecified atom stereocenters. The van der Waals surface area contributed by atoms with E-state index in [-0.39, 0.29) is 41.5 Å². The molecule has 0 radical (unpaired) electrons. The molecule has 1 amide bonds. The van der Waals surface area contributed by atoms with Gasteiger partial charge in [-0.25, -0.2) is 8.42 Å². The first-order chi connectivity index (χ1) is 15.5. The summed E-state index contributed by atoms with van der Waals surface area (Å²) in [5.41, 5.74) is 0.681. The van der Waals surface area contributed by atoms with Crippen molar-refractivity contribution in [3.05, 3.63) is 23.8 Å².